The van der Waals surface area contributed by atoms with Crippen molar-refractivity contribution in [2.75, 3.05) is 5.32 Å². The van der Waals surface area contributed by atoms with Crippen LogP contribution in [0.1, 0.15) is 12.0 Å². The summed E-state index contributed by atoms with van der Waals surface area (Å²) in [7, 11) is 0. The molecule has 1 rings (SSSR count). The second-order valence-corrected chi connectivity index (χ2v) is 3.41. The van der Waals surface area contributed by atoms with Crippen LogP contribution in [-0.4, -0.2) is 28.0 Å². The lowest BCUT2D eigenvalue weighted by Crippen LogP contribution is -2.37. The van der Waals surface area contributed by atoms with E-state index >= 15 is 0 Å². The summed E-state index contributed by atoms with van der Waals surface area (Å²) in [5.41, 5.74) is 6.33. The van der Waals surface area contributed by atoms with Crippen LogP contribution in [0, 0.1) is 6.92 Å². The van der Waals surface area contributed by atoms with E-state index in [1.54, 1.807) is 18.3 Å². The second-order valence-electron chi connectivity index (χ2n) is 3.41. The average molecular weight is 223 g/mol. The number of carbonyl (C=O) groups is 2. The molecular weight excluding hydrogens is 210 g/mol. The quantitative estimate of drug-likeness (QED) is 0.672. The predicted molar refractivity (Wildman–Crippen MR) is 57.8 cm³/mol. The summed E-state index contributed by atoms with van der Waals surface area (Å²) in [5, 5.41) is 10.9. The number of nitrogens with one attached hydrogen (secondary N) is 1. The first kappa shape index (κ1) is 12.1. The number of rotatable bonds is 4. The van der Waals surface area contributed by atoms with Crippen LogP contribution in [0.5, 0.6) is 0 Å². The number of hydrogen-bond donors (Lipinski definition) is 3. The first-order chi connectivity index (χ1) is 7.49. The van der Waals surface area contributed by atoms with Crippen molar-refractivity contribution in [3.63, 3.8) is 0 Å². The molecule has 0 spiro atoms. The smallest absolute Gasteiger partial charge is 0.305 e. The standard InChI is InChI=1S/C10H13N3O3/c1-6-2-3-12-8(4-6)13-10(16)7(11)5-9(14)15/h2-4,7H,5,11H2,1H3,(H,14,15)(H,12,13,16). The Morgan fingerprint density at radius 3 is 2.88 bits per heavy atom. The van der Waals surface area contributed by atoms with E-state index in [0.29, 0.717) is 5.82 Å². The van der Waals surface area contributed by atoms with Crippen LogP contribution in [0.2, 0.25) is 0 Å². The van der Waals surface area contributed by atoms with Crippen LogP contribution in [0.3, 0.4) is 0 Å². The Morgan fingerprint density at radius 2 is 2.31 bits per heavy atom. The zero-order chi connectivity index (χ0) is 12.1. The molecule has 0 saturated carbocycles. The molecule has 4 N–H and O–H groups in total. The number of nitrogens with zero attached hydrogens (tertiary/aromatic N) is 1. The third-order valence-corrected chi connectivity index (χ3v) is 1.90. The minimum absolute atomic E-state index is 0.367. The van der Waals surface area contributed by atoms with Crippen LogP contribution >= 0.6 is 0 Å². The SMILES string of the molecule is Cc1ccnc(NC(=O)C(N)CC(=O)O)c1. The molecule has 1 aromatic rings. The minimum atomic E-state index is -1.11. The Morgan fingerprint density at radius 1 is 1.62 bits per heavy atom. The van der Waals surface area contributed by atoms with Gasteiger partial charge in [0.2, 0.25) is 5.91 Å². The molecule has 86 valence electrons. The molecule has 0 aromatic carbocycles. The van der Waals surface area contributed by atoms with Crippen LogP contribution in [0.15, 0.2) is 18.3 Å². The highest BCUT2D eigenvalue weighted by molar-refractivity contribution is 5.95. The molecular formula is C10H13N3O3. The van der Waals surface area contributed by atoms with Gasteiger partial charge in [-0.2, -0.15) is 0 Å². The molecule has 0 bridgehead atoms. The number of carbonyl (C=O) groups excluding carboxylic acids is 1. The number of carboxylic acids is 1. The Hall–Kier alpha value is -1.95. The van der Waals surface area contributed by atoms with Gasteiger partial charge in [0, 0.05) is 6.20 Å². The lowest BCUT2D eigenvalue weighted by Gasteiger charge is -2.09. The van der Waals surface area contributed by atoms with E-state index in [0.717, 1.165) is 5.56 Å². The van der Waals surface area contributed by atoms with Gasteiger partial charge >= 0.3 is 5.97 Å². The van der Waals surface area contributed by atoms with Crippen molar-refractivity contribution in [1.29, 1.82) is 0 Å². The minimum Gasteiger partial charge on any atom is -0.481 e. The summed E-state index contributed by atoms with van der Waals surface area (Å²) in [6.07, 6.45) is 1.14. The molecule has 6 heteroatoms. The largest absolute Gasteiger partial charge is 0.481 e. The first-order valence-corrected chi connectivity index (χ1v) is 4.70. The maximum atomic E-state index is 11.4. The fourth-order valence-corrected chi connectivity index (χ4v) is 1.10. The summed E-state index contributed by atoms with van der Waals surface area (Å²) < 4.78 is 0. The maximum absolute atomic E-state index is 11.4. The Bertz CT molecular complexity index is 406. The number of anilines is 1. The number of aryl methyl sites for hydroxylation is 1. The van der Waals surface area contributed by atoms with Crippen molar-refractivity contribution < 1.29 is 14.7 Å². The van der Waals surface area contributed by atoms with Gasteiger partial charge in [-0.05, 0) is 24.6 Å². The molecule has 1 unspecified atom stereocenters. The van der Waals surface area contributed by atoms with Gasteiger partial charge in [-0.3, -0.25) is 9.59 Å². The Kier molecular flexibility index (Phi) is 3.96. The topological polar surface area (TPSA) is 105 Å². The zero-order valence-corrected chi connectivity index (χ0v) is 8.80. The summed E-state index contributed by atoms with van der Waals surface area (Å²) in [6, 6.07) is 2.39. The maximum Gasteiger partial charge on any atom is 0.305 e. The predicted octanol–water partition coefficient (Wildman–Crippen LogP) is 0.131. The lowest BCUT2D eigenvalue weighted by molar-refractivity contribution is -0.138. The van der Waals surface area contributed by atoms with Gasteiger partial charge in [-0.15, -0.1) is 0 Å². The van der Waals surface area contributed by atoms with Gasteiger partial charge in [0.1, 0.15) is 5.82 Å². The van der Waals surface area contributed by atoms with Crippen LogP contribution in [-0.2, 0) is 9.59 Å². The van der Waals surface area contributed by atoms with Gasteiger partial charge in [0.05, 0.1) is 12.5 Å². The van der Waals surface area contributed by atoms with Crippen molar-refractivity contribution >= 4 is 17.7 Å². The van der Waals surface area contributed by atoms with Crippen LogP contribution in [0.4, 0.5) is 5.82 Å². The van der Waals surface area contributed by atoms with Crippen molar-refractivity contribution in [3.05, 3.63) is 23.9 Å². The van der Waals surface area contributed by atoms with Gasteiger partial charge in [-0.25, -0.2) is 4.98 Å². The molecule has 0 saturated heterocycles. The van der Waals surface area contributed by atoms with Crippen LogP contribution in [0.25, 0.3) is 0 Å². The van der Waals surface area contributed by atoms with E-state index < -0.39 is 24.3 Å². The Labute approximate surface area is 92.5 Å². The Balaban J connectivity index is 2.60. The highest BCUT2D eigenvalue weighted by atomic mass is 16.4. The molecule has 1 aromatic heterocycles. The van der Waals surface area contributed by atoms with Gasteiger partial charge < -0.3 is 16.2 Å². The number of aliphatic carboxylic acids is 1. The highest BCUT2D eigenvalue weighted by Gasteiger charge is 2.17. The third-order valence-electron chi connectivity index (χ3n) is 1.90. The number of nitrogens with two attached hydrogens (primary N) is 1. The molecule has 0 aliphatic heterocycles. The number of carboxylic acid groups (broad SMARTS) is 1. The number of hydrogen-bond acceptors (Lipinski definition) is 4. The van der Waals surface area contributed by atoms with E-state index in [1.165, 1.54) is 0 Å². The molecule has 1 atom stereocenters. The molecule has 0 aliphatic rings. The van der Waals surface area contributed by atoms with E-state index in [1.807, 2.05) is 6.92 Å². The van der Waals surface area contributed by atoms with E-state index in [4.69, 9.17) is 10.8 Å². The number of amides is 1. The fraction of sp³-hybridized carbons (Fsp3) is 0.300. The first-order valence-electron chi connectivity index (χ1n) is 4.70. The van der Waals surface area contributed by atoms with Gasteiger partial charge in [0.15, 0.2) is 0 Å². The molecule has 6 nitrogen and oxygen atoms in total. The fourth-order valence-electron chi connectivity index (χ4n) is 1.10. The monoisotopic (exact) mass is 223 g/mol. The van der Waals surface area contributed by atoms with Gasteiger partial charge in [0.25, 0.3) is 0 Å². The van der Waals surface area contributed by atoms with Crippen molar-refractivity contribution in [2.45, 2.75) is 19.4 Å². The average Bonchev–Trinajstić information content (AvgIpc) is 2.16. The molecule has 16 heavy (non-hydrogen) atoms. The second kappa shape index (κ2) is 5.22. The van der Waals surface area contributed by atoms with Crippen LogP contribution < -0.4 is 11.1 Å². The summed E-state index contributed by atoms with van der Waals surface area (Å²) >= 11 is 0. The van der Waals surface area contributed by atoms with Crippen molar-refractivity contribution in [3.8, 4) is 0 Å². The summed E-state index contributed by atoms with van der Waals surface area (Å²) in [4.78, 5) is 25.7. The zero-order valence-electron chi connectivity index (χ0n) is 8.80. The van der Waals surface area contributed by atoms with E-state index in [-0.39, 0.29) is 0 Å². The number of pyridine rings is 1. The summed E-state index contributed by atoms with van der Waals surface area (Å²) in [6.45, 7) is 1.86. The normalized spacial score (nSPS) is 11.9. The lowest BCUT2D eigenvalue weighted by atomic mass is 10.2. The van der Waals surface area contributed by atoms with Gasteiger partial charge in [-0.1, -0.05) is 0 Å². The third kappa shape index (κ3) is 3.66. The number of aromatic nitrogens is 1. The summed E-state index contributed by atoms with van der Waals surface area (Å²) in [5.74, 6) is -1.30. The molecule has 1 heterocycles. The molecule has 0 aliphatic carbocycles. The highest BCUT2D eigenvalue weighted by Crippen LogP contribution is 2.05. The van der Waals surface area contributed by atoms with Crippen molar-refractivity contribution in [2.24, 2.45) is 5.73 Å². The van der Waals surface area contributed by atoms with Crippen molar-refractivity contribution in [1.82, 2.24) is 4.98 Å². The molecule has 0 radical (unpaired) electrons. The van der Waals surface area contributed by atoms with E-state index in [2.05, 4.69) is 10.3 Å². The molecule has 0 fully saturated rings. The molecule has 1 amide bonds. The van der Waals surface area contributed by atoms with E-state index in [9.17, 15) is 9.59 Å².